The van der Waals surface area contributed by atoms with Crippen LogP contribution in [0.15, 0.2) is 51.7 Å². The molecule has 0 amide bonds. The minimum absolute atomic E-state index is 0.0507. The van der Waals surface area contributed by atoms with Gasteiger partial charge in [0.15, 0.2) is 17.3 Å². The second kappa shape index (κ2) is 4.28. The van der Waals surface area contributed by atoms with Gasteiger partial charge < -0.3 is 19.0 Å². The summed E-state index contributed by atoms with van der Waals surface area (Å²) in [5.41, 5.74) is 0.449. The van der Waals surface area contributed by atoms with Crippen LogP contribution in [0.3, 0.4) is 0 Å². The highest BCUT2D eigenvalue weighted by molar-refractivity contribution is 5.89. The number of benzene rings is 2. The van der Waals surface area contributed by atoms with E-state index in [1.807, 2.05) is 6.07 Å². The van der Waals surface area contributed by atoms with Gasteiger partial charge in [-0.05, 0) is 12.1 Å². The van der Waals surface area contributed by atoms with Crippen molar-refractivity contribution < 1.29 is 19.0 Å². The van der Waals surface area contributed by atoms with Crippen molar-refractivity contribution in [2.75, 3.05) is 6.79 Å². The maximum absolute atomic E-state index is 12.4. The van der Waals surface area contributed by atoms with Gasteiger partial charge in [-0.25, -0.2) is 0 Å². The van der Waals surface area contributed by atoms with Crippen molar-refractivity contribution in [1.29, 1.82) is 0 Å². The van der Waals surface area contributed by atoms with Gasteiger partial charge in [0.1, 0.15) is 11.0 Å². The highest BCUT2D eigenvalue weighted by Crippen LogP contribution is 2.40. The van der Waals surface area contributed by atoms with Crippen LogP contribution in [0.4, 0.5) is 0 Å². The molecule has 0 saturated heterocycles. The van der Waals surface area contributed by atoms with Crippen LogP contribution in [-0.4, -0.2) is 11.9 Å². The monoisotopic (exact) mass is 282 g/mol. The first kappa shape index (κ1) is 11.8. The summed E-state index contributed by atoms with van der Waals surface area (Å²) in [5.74, 6) is 0.502. The summed E-state index contributed by atoms with van der Waals surface area (Å²) in [4.78, 5) is 12.4. The van der Waals surface area contributed by atoms with E-state index in [9.17, 15) is 9.90 Å². The molecule has 4 rings (SSSR count). The van der Waals surface area contributed by atoms with Crippen molar-refractivity contribution in [3.63, 3.8) is 0 Å². The number of fused-ring (bicyclic) bond motifs is 3. The lowest BCUT2D eigenvalue weighted by atomic mass is 10.1. The van der Waals surface area contributed by atoms with Crippen LogP contribution in [0.5, 0.6) is 17.2 Å². The normalized spacial score (nSPS) is 12.8. The van der Waals surface area contributed by atoms with Crippen LogP contribution < -0.4 is 14.9 Å². The number of hydrogen-bond acceptors (Lipinski definition) is 5. The van der Waals surface area contributed by atoms with Crippen molar-refractivity contribution in [2.24, 2.45) is 0 Å². The maximum Gasteiger partial charge on any atom is 0.238 e. The molecule has 5 nitrogen and oxygen atoms in total. The Bertz CT molecular complexity index is 896. The lowest BCUT2D eigenvalue weighted by Gasteiger charge is -2.07. The molecule has 0 bridgehead atoms. The fraction of sp³-hybridized carbons (Fsp3) is 0.0625. The predicted molar refractivity (Wildman–Crippen MR) is 75.7 cm³/mol. The zero-order valence-electron chi connectivity index (χ0n) is 10.8. The van der Waals surface area contributed by atoms with Gasteiger partial charge in [0, 0.05) is 5.56 Å². The predicted octanol–water partition coefficient (Wildman–Crippen LogP) is 2.89. The zero-order valence-corrected chi connectivity index (χ0v) is 10.8. The number of aromatic hydroxyl groups is 1. The standard InChI is InChI=1S/C16H10O5/c17-13-12-10(6-7-11-16(12)20-8-19-11)21-15(14(13)18)9-4-2-1-3-5-9/h1-7,18H,8H2. The van der Waals surface area contributed by atoms with Crippen molar-refractivity contribution in [3.8, 4) is 28.6 Å². The first-order valence-corrected chi connectivity index (χ1v) is 6.39. The Morgan fingerprint density at radius 1 is 1.00 bits per heavy atom. The Morgan fingerprint density at radius 3 is 2.62 bits per heavy atom. The third-order valence-corrected chi connectivity index (χ3v) is 3.41. The molecular formula is C16H10O5. The van der Waals surface area contributed by atoms with Gasteiger partial charge in [-0.15, -0.1) is 0 Å². The Labute approximate surface area is 119 Å². The fourth-order valence-electron chi connectivity index (χ4n) is 2.42. The van der Waals surface area contributed by atoms with Crippen LogP contribution in [0.1, 0.15) is 0 Å². The number of rotatable bonds is 1. The Balaban J connectivity index is 2.08. The van der Waals surface area contributed by atoms with Crippen LogP contribution in [0.2, 0.25) is 0 Å². The van der Waals surface area contributed by atoms with Gasteiger partial charge in [0.25, 0.3) is 0 Å². The molecule has 1 aliphatic heterocycles. The van der Waals surface area contributed by atoms with Gasteiger partial charge in [0.2, 0.25) is 18.0 Å². The summed E-state index contributed by atoms with van der Waals surface area (Å²) in [6, 6.07) is 12.3. The van der Waals surface area contributed by atoms with Crippen LogP contribution in [0.25, 0.3) is 22.3 Å². The number of ether oxygens (including phenoxy) is 2. The second-order valence-electron chi connectivity index (χ2n) is 4.65. The van der Waals surface area contributed by atoms with Gasteiger partial charge in [-0.3, -0.25) is 4.79 Å². The zero-order chi connectivity index (χ0) is 14.4. The van der Waals surface area contributed by atoms with Crippen LogP contribution in [0, 0.1) is 0 Å². The molecule has 1 N–H and O–H groups in total. The molecule has 1 aromatic heterocycles. The molecular weight excluding hydrogens is 272 g/mol. The SMILES string of the molecule is O=c1c(O)c(-c2ccccc2)oc2ccc3c(c12)OCO3. The molecule has 3 aromatic rings. The summed E-state index contributed by atoms with van der Waals surface area (Å²) >= 11 is 0. The van der Waals surface area contributed by atoms with E-state index in [0.29, 0.717) is 22.6 Å². The van der Waals surface area contributed by atoms with E-state index in [-0.39, 0.29) is 17.9 Å². The third-order valence-electron chi connectivity index (χ3n) is 3.41. The molecule has 0 atom stereocenters. The van der Waals surface area contributed by atoms with Crippen molar-refractivity contribution in [1.82, 2.24) is 0 Å². The topological polar surface area (TPSA) is 68.9 Å². The molecule has 104 valence electrons. The van der Waals surface area contributed by atoms with E-state index >= 15 is 0 Å². The van der Waals surface area contributed by atoms with Crippen molar-refractivity contribution >= 4 is 11.0 Å². The fourth-order valence-corrected chi connectivity index (χ4v) is 2.42. The van der Waals surface area contributed by atoms with Crippen LogP contribution >= 0.6 is 0 Å². The largest absolute Gasteiger partial charge is 0.502 e. The minimum atomic E-state index is -0.530. The van der Waals surface area contributed by atoms with Gasteiger partial charge >= 0.3 is 0 Å². The molecule has 0 aliphatic carbocycles. The summed E-state index contributed by atoms with van der Waals surface area (Å²) in [7, 11) is 0. The Kier molecular flexibility index (Phi) is 2.41. The molecule has 0 saturated carbocycles. The van der Waals surface area contributed by atoms with E-state index in [1.54, 1.807) is 36.4 Å². The highest BCUT2D eigenvalue weighted by Gasteiger charge is 2.23. The van der Waals surface area contributed by atoms with Crippen LogP contribution in [-0.2, 0) is 0 Å². The average molecular weight is 282 g/mol. The molecule has 0 unspecified atom stereocenters. The van der Waals surface area contributed by atoms with Gasteiger partial charge in [-0.2, -0.15) is 0 Å². The molecule has 2 aromatic carbocycles. The van der Waals surface area contributed by atoms with Crippen molar-refractivity contribution in [2.45, 2.75) is 0 Å². The first-order valence-electron chi connectivity index (χ1n) is 6.39. The summed E-state index contributed by atoms with van der Waals surface area (Å²) in [6.07, 6.45) is 0. The molecule has 0 spiro atoms. The Hall–Kier alpha value is -2.95. The van der Waals surface area contributed by atoms with Crippen molar-refractivity contribution in [3.05, 3.63) is 52.7 Å². The lowest BCUT2D eigenvalue weighted by molar-refractivity contribution is 0.174. The average Bonchev–Trinajstić information content (AvgIpc) is 2.99. The number of hydrogen-bond donors (Lipinski definition) is 1. The highest BCUT2D eigenvalue weighted by atomic mass is 16.7. The summed E-state index contributed by atoms with van der Waals surface area (Å²) < 4.78 is 16.2. The third kappa shape index (κ3) is 1.67. The molecule has 5 heteroatoms. The Morgan fingerprint density at radius 2 is 1.81 bits per heavy atom. The van der Waals surface area contributed by atoms with Gasteiger partial charge in [0.05, 0.1) is 0 Å². The maximum atomic E-state index is 12.4. The molecule has 2 heterocycles. The molecule has 21 heavy (non-hydrogen) atoms. The lowest BCUT2D eigenvalue weighted by Crippen LogP contribution is -2.04. The second-order valence-corrected chi connectivity index (χ2v) is 4.65. The summed E-state index contributed by atoms with van der Waals surface area (Å²) in [6.45, 7) is 0.0507. The molecule has 0 radical (unpaired) electrons. The molecule has 0 fully saturated rings. The molecule has 1 aliphatic rings. The van der Waals surface area contributed by atoms with E-state index < -0.39 is 11.2 Å². The van der Waals surface area contributed by atoms with E-state index in [0.717, 1.165) is 0 Å². The van der Waals surface area contributed by atoms with E-state index in [1.165, 1.54) is 0 Å². The first-order chi connectivity index (χ1) is 10.3. The van der Waals surface area contributed by atoms with Gasteiger partial charge in [-0.1, -0.05) is 30.3 Å². The minimum Gasteiger partial charge on any atom is -0.502 e. The smallest absolute Gasteiger partial charge is 0.238 e. The summed E-state index contributed by atoms with van der Waals surface area (Å²) in [5, 5.41) is 10.4. The van der Waals surface area contributed by atoms with E-state index in [2.05, 4.69) is 0 Å². The van der Waals surface area contributed by atoms with E-state index in [4.69, 9.17) is 13.9 Å². The quantitative estimate of drug-likeness (QED) is 0.743.